The Morgan fingerprint density at radius 2 is 0.859 bits per heavy atom. The number of hydrogen-bond donors (Lipinski definition) is 2. The third-order valence-corrected chi connectivity index (χ3v) is 12.1. The first-order valence-electron chi connectivity index (χ1n) is 26.3. The summed E-state index contributed by atoms with van der Waals surface area (Å²) in [5.41, 5.74) is 5.37. The van der Waals surface area contributed by atoms with E-state index in [0.29, 0.717) is 6.42 Å². The van der Waals surface area contributed by atoms with Crippen LogP contribution in [-0.2, 0) is 32.7 Å². The number of phosphoric acid groups is 1. The van der Waals surface area contributed by atoms with Gasteiger partial charge in [0.15, 0.2) is 6.10 Å². The Balaban J connectivity index is 3.95. The number of esters is 2. The highest BCUT2D eigenvalue weighted by atomic mass is 31.2. The van der Waals surface area contributed by atoms with Gasteiger partial charge in [0.05, 0.1) is 13.2 Å². The molecule has 0 saturated carbocycles. The minimum Gasteiger partial charge on any atom is -0.462 e. The third kappa shape index (κ3) is 49.2. The Kier molecular flexibility index (Phi) is 48.3. The largest absolute Gasteiger partial charge is 0.472 e. The summed E-state index contributed by atoms with van der Waals surface area (Å²) in [4.78, 5) is 35.0. The topological polar surface area (TPSA) is 134 Å². The zero-order valence-corrected chi connectivity index (χ0v) is 42.2. The van der Waals surface area contributed by atoms with Gasteiger partial charge < -0.3 is 20.1 Å². The second-order valence-corrected chi connectivity index (χ2v) is 18.8. The smallest absolute Gasteiger partial charge is 0.462 e. The molecule has 0 fully saturated rings. The molecule has 0 amide bonds. The standard InChI is InChI=1S/C54H98NO8P/c1-3-5-7-9-11-13-15-17-19-20-21-22-23-24-25-26-27-28-29-30-31-32-33-35-37-39-41-43-45-47-54(57)63-52(51-62-64(58,59)61-49-48-55)50-60-53(56)46-44-42-40-38-36-34-18-16-14-12-10-8-6-4-2/h5,7,11,13,16-19,21-22,52H,3-4,6,8-10,12,14-15,20,23-51,55H2,1-2H3,(H,58,59)/b7-5-,13-11-,18-16-,19-17-,22-21-. The summed E-state index contributed by atoms with van der Waals surface area (Å²) in [7, 11) is -4.38. The van der Waals surface area contributed by atoms with Crippen molar-refractivity contribution in [1.82, 2.24) is 0 Å². The van der Waals surface area contributed by atoms with E-state index in [1.165, 1.54) is 122 Å². The van der Waals surface area contributed by atoms with E-state index in [4.69, 9.17) is 24.3 Å². The van der Waals surface area contributed by atoms with E-state index in [1.807, 2.05) is 0 Å². The van der Waals surface area contributed by atoms with E-state index in [0.717, 1.165) is 83.5 Å². The van der Waals surface area contributed by atoms with Gasteiger partial charge >= 0.3 is 19.8 Å². The van der Waals surface area contributed by atoms with Crippen LogP contribution in [0.2, 0.25) is 0 Å². The summed E-state index contributed by atoms with van der Waals surface area (Å²) in [6.07, 6.45) is 61.3. The predicted octanol–water partition coefficient (Wildman–Crippen LogP) is 16.0. The van der Waals surface area contributed by atoms with Gasteiger partial charge in [0.1, 0.15) is 6.61 Å². The van der Waals surface area contributed by atoms with Crippen molar-refractivity contribution in [3.05, 3.63) is 60.8 Å². The first-order valence-corrected chi connectivity index (χ1v) is 27.8. The molecule has 0 aliphatic heterocycles. The number of carbonyl (C=O) groups is 2. The molecule has 0 aliphatic rings. The molecule has 2 unspecified atom stereocenters. The Bertz CT molecular complexity index is 1230. The van der Waals surface area contributed by atoms with Crippen molar-refractivity contribution in [2.24, 2.45) is 5.73 Å². The Morgan fingerprint density at radius 1 is 0.484 bits per heavy atom. The fourth-order valence-corrected chi connectivity index (χ4v) is 8.03. The van der Waals surface area contributed by atoms with Gasteiger partial charge in [0.25, 0.3) is 0 Å². The molecule has 2 atom stereocenters. The van der Waals surface area contributed by atoms with Crippen molar-refractivity contribution < 1.29 is 37.6 Å². The molecule has 0 aromatic rings. The second kappa shape index (κ2) is 50.1. The molecule has 0 aromatic heterocycles. The van der Waals surface area contributed by atoms with Crippen LogP contribution in [0.4, 0.5) is 0 Å². The Morgan fingerprint density at radius 3 is 1.30 bits per heavy atom. The maximum Gasteiger partial charge on any atom is 0.472 e. The van der Waals surface area contributed by atoms with Crippen LogP contribution in [-0.4, -0.2) is 49.3 Å². The molecule has 372 valence electrons. The summed E-state index contributed by atoms with van der Waals surface area (Å²) >= 11 is 0. The molecule has 3 N–H and O–H groups in total. The third-order valence-electron chi connectivity index (χ3n) is 11.1. The van der Waals surface area contributed by atoms with Crippen molar-refractivity contribution in [3.63, 3.8) is 0 Å². The molecule has 9 nitrogen and oxygen atoms in total. The van der Waals surface area contributed by atoms with Crippen molar-refractivity contribution in [2.75, 3.05) is 26.4 Å². The molecular weight excluding hydrogens is 822 g/mol. The highest BCUT2D eigenvalue weighted by molar-refractivity contribution is 7.47. The number of phosphoric ester groups is 1. The average molecular weight is 920 g/mol. The van der Waals surface area contributed by atoms with E-state index in [-0.39, 0.29) is 38.6 Å². The minimum absolute atomic E-state index is 0.0517. The summed E-state index contributed by atoms with van der Waals surface area (Å²) in [5, 5.41) is 0. The van der Waals surface area contributed by atoms with Crippen molar-refractivity contribution >= 4 is 19.8 Å². The lowest BCUT2D eigenvalue weighted by Crippen LogP contribution is -2.29. The summed E-state index contributed by atoms with van der Waals surface area (Å²) in [6, 6.07) is 0. The lowest BCUT2D eigenvalue weighted by atomic mass is 10.0. The van der Waals surface area contributed by atoms with Crippen LogP contribution in [0, 0.1) is 0 Å². The first kappa shape index (κ1) is 61.7. The molecule has 0 aliphatic carbocycles. The fourth-order valence-electron chi connectivity index (χ4n) is 7.27. The van der Waals surface area contributed by atoms with Crippen LogP contribution >= 0.6 is 7.82 Å². The van der Waals surface area contributed by atoms with E-state index in [2.05, 4.69) is 74.6 Å². The molecule has 0 bridgehead atoms. The number of carbonyl (C=O) groups excluding carboxylic acids is 2. The van der Waals surface area contributed by atoms with Crippen LogP contribution < -0.4 is 5.73 Å². The van der Waals surface area contributed by atoms with E-state index < -0.39 is 26.5 Å². The van der Waals surface area contributed by atoms with Crippen molar-refractivity contribution in [2.45, 2.75) is 245 Å². The van der Waals surface area contributed by atoms with E-state index >= 15 is 0 Å². The van der Waals surface area contributed by atoms with E-state index in [1.54, 1.807) is 0 Å². The van der Waals surface area contributed by atoms with Crippen LogP contribution in [0.5, 0.6) is 0 Å². The number of ether oxygens (including phenoxy) is 2. The molecule has 0 radical (unpaired) electrons. The molecule has 0 rings (SSSR count). The predicted molar refractivity (Wildman–Crippen MR) is 270 cm³/mol. The van der Waals surface area contributed by atoms with Gasteiger partial charge in [-0.15, -0.1) is 0 Å². The number of rotatable bonds is 49. The van der Waals surface area contributed by atoms with E-state index in [9.17, 15) is 19.0 Å². The summed E-state index contributed by atoms with van der Waals surface area (Å²) in [6.45, 7) is 3.62. The van der Waals surface area contributed by atoms with Gasteiger partial charge in [-0.2, -0.15) is 0 Å². The number of hydrogen-bond acceptors (Lipinski definition) is 8. The molecular formula is C54H98NO8P. The second-order valence-electron chi connectivity index (χ2n) is 17.4. The first-order chi connectivity index (χ1) is 31.3. The monoisotopic (exact) mass is 920 g/mol. The Hall–Kier alpha value is -2.29. The quantitative estimate of drug-likeness (QED) is 0.0265. The van der Waals surface area contributed by atoms with Crippen LogP contribution in [0.3, 0.4) is 0 Å². The van der Waals surface area contributed by atoms with Gasteiger partial charge in [-0.05, 0) is 77.0 Å². The van der Waals surface area contributed by atoms with Gasteiger partial charge in [0, 0.05) is 19.4 Å². The maximum atomic E-state index is 12.7. The van der Waals surface area contributed by atoms with Crippen molar-refractivity contribution in [1.29, 1.82) is 0 Å². The molecule has 64 heavy (non-hydrogen) atoms. The van der Waals surface area contributed by atoms with Gasteiger partial charge in [-0.1, -0.05) is 209 Å². The zero-order valence-electron chi connectivity index (χ0n) is 41.3. The number of allylic oxidation sites excluding steroid dienone is 10. The van der Waals surface area contributed by atoms with Gasteiger partial charge in [0.2, 0.25) is 0 Å². The summed E-state index contributed by atoms with van der Waals surface area (Å²) in [5.74, 6) is -0.833. The molecule has 10 heteroatoms. The lowest BCUT2D eigenvalue weighted by Gasteiger charge is -2.19. The highest BCUT2D eigenvalue weighted by Crippen LogP contribution is 2.43. The number of nitrogens with two attached hydrogens (primary N) is 1. The molecule has 0 spiro atoms. The molecule has 0 heterocycles. The normalized spacial score (nSPS) is 13.6. The number of unbranched alkanes of at least 4 members (excludes halogenated alkanes) is 26. The average Bonchev–Trinajstić information content (AvgIpc) is 3.28. The molecule has 0 saturated heterocycles. The highest BCUT2D eigenvalue weighted by Gasteiger charge is 2.26. The van der Waals surface area contributed by atoms with Crippen molar-refractivity contribution in [3.8, 4) is 0 Å². The van der Waals surface area contributed by atoms with Crippen LogP contribution in [0.15, 0.2) is 60.8 Å². The van der Waals surface area contributed by atoms with Crippen LogP contribution in [0.1, 0.15) is 239 Å². The van der Waals surface area contributed by atoms with Gasteiger partial charge in [-0.25, -0.2) is 4.57 Å². The minimum atomic E-state index is -4.38. The SMILES string of the molecule is CC/C=C\C/C=C\C/C=C\C/C=C\CCCCCCCCCCCCCCCCCCC(=O)OC(COC(=O)CCCCCCC/C=C\CCCCCCC)COP(=O)(O)OCCN. The fraction of sp³-hybridized carbons (Fsp3) is 0.778. The van der Waals surface area contributed by atoms with Crippen LogP contribution in [0.25, 0.3) is 0 Å². The molecule has 0 aromatic carbocycles. The lowest BCUT2D eigenvalue weighted by molar-refractivity contribution is -0.161. The Labute approximate surface area is 393 Å². The summed E-state index contributed by atoms with van der Waals surface area (Å²) < 4.78 is 32.9. The van der Waals surface area contributed by atoms with Gasteiger partial charge in [-0.3, -0.25) is 18.6 Å². The maximum absolute atomic E-state index is 12.7. The zero-order chi connectivity index (χ0) is 46.7.